The molecule has 0 radical (unpaired) electrons. The minimum Gasteiger partial charge on any atom is -0.497 e. The second-order valence-corrected chi connectivity index (χ2v) is 9.85. The molecule has 0 bridgehead atoms. The minimum absolute atomic E-state index is 0.000115. The van der Waals surface area contributed by atoms with Gasteiger partial charge in [0.15, 0.2) is 6.10 Å². The molecule has 1 aliphatic rings. The van der Waals surface area contributed by atoms with Crippen molar-refractivity contribution in [1.29, 1.82) is 0 Å². The van der Waals surface area contributed by atoms with E-state index in [2.05, 4.69) is 5.92 Å². The van der Waals surface area contributed by atoms with Crippen LogP contribution in [0.4, 0.5) is 9.59 Å². The number of methoxy groups -OCH3 is 1. The number of carbonyl (C=O) groups excluding carboxylic acids is 2. The summed E-state index contributed by atoms with van der Waals surface area (Å²) < 4.78 is 27.6. The normalized spacial score (nSPS) is 20.7. The number of hydrogen-bond acceptors (Lipinski definition) is 7. The van der Waals surface area contributed by atoms with Crippen LogP contribution < -0.4 is 4.74 Å². The fraction of sp³-hybridized carbons (Fsp3) is 0.600. The fourth-order valence-electron chi connectivity index (χ4n) is 3.48. The lowest BCUT2D eigenvalue weighted by Crippen LogP contribution is -2.44. The molecule has 182 valence electrons. The Kier molecular flexibility index (Phi) is 8.62. The molecule has 0 N–H and O–H groups in total. The quantitative estimate of drug-likeness (QED) is 0.464. The van der Waals surface area contributed by atoms with Gasteiger partial charge in [0.2, 0.25) is 0 Å². The van der Waals surface area contributed by atoms with Crippen molar-refractivity contribution in [3.05, 3.63) is 29.8 Å². The summed E-state index contributed by atoms with van der Waals surface area (Å²) in [5, 5.41) is 0. The molecule has 0 aliphatic carbocycles. The summed E-state index contributed by atoms with van der Waals surface area (Å²) >= 11 is 0. The fourth-order valence-corrected chi connectivity index (χ4v) is 3.48. The van der Waals surface area contributed by atoms with Crippen molar-refractivity contribution in [2.24, 2.45) is 0 Å². The van der Waals surface area contributed by atoms with Gasteiger partial charge in [0, 0.05) is 0 Å². The third-order valence-electron chi connectivity index (χ3n) is 4.75. The molecule has 1 saturated heterocycles. The number of hydrogen-bond donors (Lipinski definition) is 0. The van der Waals surface area contributed by atoms with Crippen molar-refractivity contribution in [1.82, 2.24) is 4.90 Å². The average Bonchev–Trinajstić information content (AvgIpc) is 3.01. The molecule has 0 spiro atoms. The van der Waals surface area contributed by atoms with E-state index in [0.717, 1.165) is 11.3 Å². The van der Waals surface area contributed by atoms with Crippen molar-refractivity contribution in [3.8, 4) is 18.1 Å². The highest BCUT2D eigenvalue weighted by Gasteiger charge is 2.48. The summed E-state index contributed by atoms with van der Waals surface area (Å²) in [6, 6.07) is 7.02. The van der Waals surface area contributed by atoms with Gasteiger partial charge in [-0.15, -0.1) is 6.42 Å². The van der Waals surface area contributed by atoms with Gasteiger partial charge in [0.1, 0.15) is 29.7 Å². The van der Waals surface area contributed by atoms with Gasteiger partial charge >= 0.3 is 12.2 Å². The summed E-state index contributed by atoms with van der Waals surface area (Å²) in [5.74, 6) is 3.17. The van der Waals surface area contributed by atoms with Gasteiger partial charge < -0.3 is 23.7 Å². The maximum Gasteiger partial charge on any atom is 0.509 e. The van der Waals surface area contributed by atoms with Crippen molar-refractivity contribution in [3.63, 3.8) is 0 Å². The van der Waals surface area contributed by atoms with Crippen molar-refractivity contribution >= 4 is 12.2 Å². The Bertz CT molecular complexity index is 845. The monoisotopic (exact) mass is 461 g/mol. The zero-order valence-corrected chi connectivity index (χ0v) is 20.5. The third-order valence-corrected chi connectivity index (χ3v) is 4.75. The Morgan fingerprint density at radius 1 is 1.06 bits per heavy atom. The average molecular weight is 462 g/mol. The van der Waals surface area contributed by atoms with Crippen LogP contribution in [0.15, 0.2) is 24.3 Å². The number of terminal acetylenes is 1. The molecular weight excluding hydrogens is 426 g/mol. The number of amides is 1. The van der Waals surface area contributed by atoms with E-state index in [1.165, 1.54) is 4.90 Å². The number of benzene rings is 1. The Morgan fingerprint density at radius 3 is 2.18 bits per heavy atom. The van der Waals surface area contributed by atoms with Crippen LogP contribution in [0.5, 0.6) is 5.75 Å². The largest absolute Gasteiger partial charge is 0.509 e. The molecule has 1 aromatic carbocycles. The molecule has 8 nitrogen and oxygen atoms in total. The van der Waals surface area contributed by atoms with Crippen LogP contribution in [0.25, 0.3) is 0 Å². The number of nitrogens with zero attached hydrogens (tertiary/aromatic N) is 1. The lowest BCUT2D eigenvalue weighted by Gasteiger charge is -2.30. The standard InChI is InChI=1S/C25H35NO7/c1-9-14-30-21-19(15-17-10-12-18(29-8)13-11-17)26(22(27)32-24(2,3)4)16-20(21)31-23(28)33-25(5,6)7/h1,10-13,19-21H,14-16H2,2-8H3/t19-,20+,21+/m1/s1. The van der Waals surface area contributed by atoms with Crippen LogP contribution in [0.2, 0.25) is 0 Å². The zero-order valence-electron chi connectivity index (χ0n) is 20.5. The molecule has 33 heavy (non-hydrogen) atoms. The SMILES string of the molecule is C#CCO[C@@H]1[C@@H](OC(=O)OC(C)(C)C)CN(C(=O)OC(C)(C)C)[C@@H]1Cc1ccc(OC)cc1. The van der Waals surface area contributed by atoms with Gasteiger partial charge in [-0.25, -0.2) is 9.59 Å². The van der Waals surface area contributed by atoms with Crippen molar-refractivity contribution in [2.75, 3.05) is 20.3 Å². The van der Waals surface area contributed by atoms with Gasteiger partial charge in [-0.1, -0.05) is 18.1 Å². The van der Waals surface area contributed by atoms with Crippen LogP contribution in [0.3, 0.4) is 0 Å². The van der Waals surface area contributed by atoms with Crippen LogP contribution in [-0.4, -0.2) is 66.9 Å². The molecule has 1 aliphatic heterocycles. The molecule has 8 heteroatoms. The van der Waals surface area contributed by atoms with Crippen LogP contribution in [-0.2, 0) is 25.4 Å². The van der Waals surface area contributed by atoms with Gasteiger partial charge in [-0.2, -0.15) is 0 Å². The number of rotatable bonds is 6. The highest BCUT2D eigenvalue weighted by atomic mass is 16.7. The maximum atomic E-state index is 13.1. The van der Waals surface area contributed by atoms with E-state index in [1.807, 2.05) is 24.3 Å². The minimum atomic E-state index is -0.837. The van der Waals surface area contributed by atoms with E-state index < -0.39 is 41.7 Å². The van der Waals surface area contributed by atoms with E-state index in [4.69, 9.17) is 30.1 Å². The van der Waals surface area contributed by atoms with E-state index >= 15 is 0 Å². The summed E-state index contributed by atoms with van der Waals surface area (Å²) in [6.45, 7) is 10.7. The van der Waals surface area contributed by atoms with Crippen LogP contribution in [0.1, 0.15) is 47.1 Å². The number of ether oxygens (including phenoxy) is 5. The number of carbonyl (C=O) groups is 2. The Hall–Kier alpha value is -2.92. The van der Waals surface area contributed by atoms with Gasteiger partial charge in [0.25, 0.3) is 0 Å². The maximum absolute atomic E-state index is 13.1. The first-order valence-electron chi connectivity index (χ1n) is 10.9. The second kappa shape index (κ2) is 10.8. The van der Waals surface area contributed by atoms with Crippen molar-refractivity contribution < 1.29 is 33.3 Å². The molecule has 2 rings (SSSR count). The highest BCUT2D eigenvalue weighted by molar-refractivity contribution is 5.70. The highest BCUT2D eigenvalue weighted by Crippen LogP contribution is 2.30. The Balaban J connectivity index is 2.33. The molecule has 1 aromatic rings. The summed E-state index contributed by atoms with van der Waals surface area (Å²) in [7, 11) is 1.60. The molecule has 1 fully saturated rings. The molecule has 0 unspecified atom stereocenters. The van der Waals surface area contributed by atoms with Crippen LogP contribution in [0, 0.1) is 12.3 Å². The van der Waals surface area contributed by atoms with E-state index in [0.29, 0.717) is 6.42 Å². The predicted molar refractivity (Wildman–Crippen MR) is 123 cm³/mol. The zero-order chi connectivity index (χ0) is 24.8. The van der Waals surface area contributed by atoms with E-state index in [-0.39, 0.29) is 13.2 Å². The number of likely N-dealkylation sites (tertiary alicyclic amines) is 1. The molecule has 1 heterocycles. The summed E-state index contributed by atoms with van der Waals surface area (Å²) in [4.78, 5) is 27.0. The molecule has 1 amide bonds. The third kappa shape index (κ3) is 8.17. The van der Waals surface area contributed by atoms with Gasteiger partial charge in [-0.05, 0) is 65.7 Å². The van der Waals surface area contributed by atoms with E-state index in [1.54, 1.807) is 48.7 Å². The molecular formula is C25H35NO7. The molecule has 0 saturated carbocycles. The predicted octanol–water partition coefficient (Wildman–Crippen LogP) is 4.20. The Labute approximate surface area is 196 Å². The molecule has 3 atom stereocenters. The topological polar surface area (TPSA) is 83.5 Å². The first-order valence-corrected chi connectivity index (χ1v) is 10.9. The lowest BCUT2D eigenvalue weighted by molar-refractivity contribution is -0.0631. The first-order chi connectivity index (χ1) is 15.3. The van der Waals surface area contributed by atoms with Crippen molar-refractivity contribution in [2.45, 2.75) is 77.4 Å². The first kappa shape index (κ1) is 26.3. The van der Waals surface area contributed by atoms with Gasteiger partial charge in [0.05, 0.1) is 19.7 Å². The van der Waals surface area contributed by atoms with Gasteiger partial charge in [-0.3, -0.25) is 4.90 Å². The Morgan fingerprint density at radius 2 is 1.67 bits per heavy atom. The van der Waals surface area contributed by atoms with E-state index in [9.17, 15) is 9.59 Å². The lowest BCUT2D eigenvalue weighted by atomic mass is 10.0. The second-order valence-electron chi connectivity index (χ2n) is 9.85. The molecule has 0 aromatic heterocycles. The van der Waals surface area contributed by atoms with Crippen LogP contribution >= 0.6 is 0 Å². The smallest absolute Gasteiger partial charge is 0.497 e. The summed E-state index contributed by atoms with van der Waals surface area (Å²) in [6.07, 6.45) is 3.06. The summed E-state index contributed by atoms with van der Waals surface area (Å²) in [5.41, 5.74) is -0.472.